The van der Waals surface area contributed by atoms with Gasteiger partial charge < -0.3 is 4.90 Å². The van der Waals surface area contributed by atoms with Crippen LogP contribution in [0.25, 0.3) is 0 Å². The second-order valence-corrected chi connectivity index (χ2v) is 6.42. The maximum absolute atomic E-state index is 12.7. The molecule has 3 aliphatic rings. The van der Waals surface area contributed by atoms with Crippen molar-refractivity contribution in [3.8, 4) is 0 Å². The van der Waals surface area contributed by atoms with Crippen LogP contribution in [-0.2, 0) is 9.59 Å². The Bertz CT molecular complexity index is 617. The molecule has 108 valence electrons. The highest BCUT2D eigenvalue weighted by atomic mass is 16.2. The van der Waals surface area contributed by atoms with E-state index in [0.29, 0.717) is 5.69 Å². The van der Waals surface area contributed by atoms with Crippen molar-refractivity contribution in [1.29, 1.82) is 0 Å². The fourth-order valence-corrected chi connectivity index (χ4v) is 4.06. The van der Waals surface area contributed by atoms with Crippen molar-refractivity contribution in [2.75, 3.05) is 23.9 Å². The highest BCUT2D eigenvalue weighted by Crippen LogP contribution is 2.53. The minimum absolute atomic E-state index is 0.0144. The van der Waals surface area contributed by atoms with Crippen LogP contribution in [0, 0.1) is 23.7 Å². The molecule has 4 heteroatoms. The quantitative estimate of drug-likeness (QED) is 0.616. The van der Waals surface area contributed by atoms with Crippen LogP contribution in [0.3, 0.4) is 0 Å². The zero-order valence-corrected chi connectivity index (χ0v) is 12.2. The third kappa shape index (κ3) is 1.62. The average molecular weight is 282 g/mol. The number of carbonyl (C=O) groups is 2. The fourth-order valence-electron chi connectivity index (χ4n) is 4.06. The van der Waals surface area contributed by atoms with E-state index in [1.165, 1.54) is 4.90 Å². The topological polar surface area (TPSA) is 40.6 Å². The first-order valence-corrected chi connectivity index (χ1v) is 7.41. The van der Waals surface area contributed by atoms with Gasteiger partial charge in [-0.25, -0.2) is 0 Å². The van der Waals surface area contributed by atoms with E-state index in [4.69, 9.17) is 0 Å². The number of allylic oxidation sites excluding steroid dienone is 2. The van der Waals surface area contributed by atoms with Gasteiger partial charge in [-0.05, 0) is 42.5 Å². The Kier molecular flexibility index (Phi) is 2.52. The number of rotatable bonds is 2. The molecule has 0 spiro atoms. The van der Waals surface area contributed by atoms with Crippen LogP contribution in [0.15, 0.2) is 36.4 Å². The van der Waals surface area contributed by atoms with Crippen molar-refractivity contribution in [3.63, 3.8) is 0 Å². The minimum Gasteiger partial charge on any atom is -0.378 e. The number of benzene rings is 1. The Morgan fingerprint density at radius 3 is 1.95 bits per heavy atom. The lowest BCUT2D eigenvalue weighted by molar-refractivity contribution is -0.123. The number of carbonyl (C=O) groups excluding carboxylic acids is 2. The summed E-state index contributed by atoms with van der Waals surface area (Å²) in [4.78, 5) is 28.7. The molecule has 21 heavy (non-hydrogen) atoms. The molecule has 1 saturated heterocycles. The summed E-state index contributed by atoms with van der Waals surface area (Å²) in [5, 5.41) is 0. The number of anilines is 2. The van der Waals surface area contributed by atoms with Gasteiger partial charge in [0.25, 0.3) is 0 Å². The standard InChI is InChI=1S/C17H18N2O2/c1-18(2)12-5-7-13(8-6-12)19-16(20)14-10-3-4-11(9-10)15(14)17(19)21/h3-8,10-11,14-15H,9H2,1-2H3/t10?,11?,14-,15+. The van der Waals surface area contributed by atoms with Crippen LogP contribution in [0.2, 0.25) is 0 Å². The van der Waals surface area contributed by atoms with Crippen molar-refractivity contribution < 1.29 is 9.59 Å². The van der Waals surface area contributed by atoms with Crippen LogP contribution in [0.5, 0.6) is 0 Å². The van der Waals surface area contributed by atoms with Gasteiger partial charge in [-0.2, -0.15) is 0 Å². The number of amides is 2. The second kappa shape index (κ2) is 4.20. The van der Waals surface area contributed by atoms with Gasteiger partial charge >= 0.3 is 0 Å². The summed E-state index contributed by atoms with van der Waals surface area (Å²) in [6.07, 6.45) is 5.21. The van der Waals surface area contributed by atoms with E-state index in [2.05, 4.69) is 12.2 Å². The van der Waals surface area contributed by atoms with E-state index in [-0.39, 0.29) is 35.5 Å². The molecule has 1 aromatic rings. The Morgan fingerprint density at radius 1 is 0.952 bits per heavy atom. The van der Waals surface area contributed by atoms with Crippen LogP contribution in [0.1, 0.15) is 6.42 Å². The maximum Gasteiger partial charge on any atom is 0.238 e. The molecule has 2 amide bonds. The molecule has 0 radical (unpaired) electrons. The zero-order chi connectivity index (χ0) is 14.7. The van der Waals surface area contributed by atoms with E-state index in [9.17, 15) is 9.59 Å². The molecule has 1 aromatic carbocycles. The van der Waals surface area contributed by atoms with Crippen LogP contribution < -0.4 is 9.80 Å². The van der Waals surface area contributed by atoms with Gasteiger partial charge in [-0.15, -0.1) is 0 Å². The Balaban J connectivity index is 1.68. The molecule has 4 nitrogen and oxygen atoms in total. The molecule has 1 saturated carbocycles. The van der Waals surface area contributed by atoms with Crippen molar-refractivity contribution in [2.45, 2.75) is 6.42 Å². The van der Waals surface area contributed by atoms with Crippen molar-refractivity contribution in [3.05, 3.63) is 36.4 Å². The normalized spacial score (nSPS) is 33.0. The number of hydrogen-bond acceptors (Lipinski definition) is 3. The molecule has 2 fully saturated rings. The van der Waals surface area contributed by atoms with Crippen LogP contribution in [0.4, 0.5) is 11.4 Å². The first-order valence-electron chi connectivity index (χ1n) is 7.41. The van der Waals surface area contributed by atoms with Crippen molar-refractivity contribution in [1.82, 2.24) is 0 Å². The maximum atomic E-state index is 12.7. The molecular formula is C17H18N2O2. The Hall–Kier alpha value is -2.10. The SMILES string of the molecule is CN(C)c1ccc(N2C(=O)[C@@H]3C4C=CC(C4)[C@@H]3C2=O)cc1. The lowest BCUT2D eigenvalue weighted by Crippen LogP contribution is -2.32. The first kappa shape index (κ1) is 12.6. The number of hydrogen-bond donors (Lipinski definition) is 0. The molecule has 2 aliphatic carbocycles. The van der Waals surface area contributed by atoms with Crippen LogP contribution in [-0.4, -0.2) is 25.9 Å². The highest BCUT2D eigenvalue weighted by molar-refractivity contribution is 6.22. The van der Waals surface area contributed by atoms with E-state index in [1.54, 1.807) is 0 Å². The lowest BCUT2D eigenvalue weighted by Gasteiger charge is -2.19. The van der Waals surface area contributed by atoms with Gasteiger partial charge in [0.15, 0.2) is 0 Å². The molecule has 2 unspecified atom stereocenters. The predicted molar refractivity (Wildman–Crippen MR) is 81.0 cm³/mol. The molecule has 4 atom stereocenters. The number of imide groups is 1. The molecule has 4 rings (SSSR count). The molecule has 0 aromatic heterocycles. The number of fused-ring (bicyclic) bond motifs is 5. The minimum atomic E-state index is -0.124. The van der Waals surface area contributed by atoms with Gasteiger partial charge in [0.1, 0.15) is 0 Å². The summed E-state index contributed by atoms with van der Waals surface area (Å²) in [5.41, 5.74) is 1.75. The van der Waals surface area contributed by atoms with E-state index < -0.39 is 0 Å². The lowest BCUT2D eigenvalue weighted by atomic mass is 9.85. The fraction of sp³-hybridized carbons (Fsp3) is 0.412. The van der Waals surface area contributed by atoms with Crippen molar-refractivity contribution >= 4 is 23.2 Å². The van der Waals surface area contributed by atoms with E-state index in [1.807, 2.05) is 43.3 Å². The number of nitrogens with zero attached hydrogens (tertiary/aromatic N) is 2. The summed E-state index contributed by atoms with van der Waals surface area (Å²) in [6, 6.07) is 7.61. The van der Waals surface area contributed by atoms with Gasteiger partial charge in [0.2, 0.25) is 11.8 Å². The van der Waals surface area contributed by atoms with Crippen molar-refractivity contribution in [2.24, 2.45) is 23.7 Å². The summed E-state index contributed by atoms with van der Waals surface area (Å²) >= 11 is 0. The summed E-state index contributed by atoms with van der Waals surface area (Å²) in [7, 11) is 3.93. The molecule has 1 aliphatic heterocycles. The third-order valence-corrected chi connectivity index (χ3v) is 5.09. The van der Waals surface area contributed by atoms with Gasteiger partial charge in [-0.1, -0.05) is 12.2 Å². The van der Waals surface area contributed by atoms with Gasteiger partial charge in [0, 0.05) is 19.8 Å². The van der Waals surface area contributed by atoms with E-state index >= 15 is 0 Å². The molecule has 1 heterocycles. The van der Waals surface area contributed by atoms with Gasteiger partial charge in [0.05, 0.1) is 17.5 Å². The smallest absolute Gasteiger partial charge is 0.238 e. The monoisotopic (exact) mass is 282 g/mol. The second-order valence-electron chi connectivity index (χ2n) is 6.42. The summed E-state index contributed by atoms with van der Waals surface area (Å²) in [5.74, 6) is 0.256. The van der Waals surface area contributed by atoms with E-state index in [0.717, 1.165) is 12.1 Å². The average Bonchev–Trinajstić information content (AvgIpc) is 3.13. The zero-order valence-electron chi connectivity index (χ0n) is 12.2. The highest BCUT2D eigenvalue weighted by Gasteiger charge is 2.59. The summed E-state index contributed by atoms with van der Waals surface area (Å²) in [6.45, 7) is 0. The molecule has 2 bridgehead atoms. The van der Waals surface area contributed by atoms with Crippen LogP contribution >= 0.6 is 0 Å². The Morgan fingerprint density at radius 2 is 1.48 bits per heavy atom. The third-order valence-electron chi connectivity index (χ3n) is 5.09. The molecule has 0 N–H and O–H groups in total. The first-order chi connectivity index (χ1) is 10.1. The predicted octanol–water partition coefficient (Wildman–Crippen LogP) is 2.06. The van der Waals surface area contributed by atoms with Gasteiger partial charge in [-0.3, -0.25) is 14.5 Å². The summed E-state index contributed by atoms with van der Waals surface area (Å²) < 4.78 is 0. The largest absolute Gasteiger partial charge is 0.378 e. The molecular weight excluding hydrogens is 264 g/mol. The Labute approximate surface area is 124 Å².